The number of amides is 1. The second kappa shape index (κ2) is 12.0. The van der Waals surface area contributed by atoms with Crippen molar-refractivity contribution in [1.29, 1.82) is 0 Å². The lowest BCUT2D eigenvalue weighted by molar-refractivity contribution is -0.384. The topological polar surface area (TPSA) is 149 Å². The summed E-state index contributed by atoms with van der Waals surface area (Å²) in [6.45, 7) is 9.57. The van der Waals surface area contributed by atoms with Gasteiger partial charge < -0.3 is 14.2 Å². The SMILES string of the molecule is CCN=c1cc2oc3cc(NCC)c(C)cc3c(-c3ccccc3-c3nnc(NC(=O)c4ccc([N+](=O)[O-])cc4)o3)c-2cc1C. The van der Waals surface area contributed by atoms with E-state index in [9.17, 15) is 14.9 Å². The van der Waals surface area contributed by atoms with E-state index in [1.165, 1.54) is 24.3 Å². The maximum Gasteiger partial charge on any atom is 0.322 e. The Morgan fingerprint density at radius 3 is 2.38 bits per heavy atom. The van der Waals surface area contributed by atoms with Crippen molar-refractivity contribution >= 4 is 34.3 Å². The smallest absolute Gasteiger partial charge is 0.322 e. The van der Waals surface area contributed by atoms with E-state index < -0.39 is 10.8 Å². The third-order valence-corrected chi connectivity index (χ3v) is 7.49. The first-order valence-electron chi connectivity index (χ1n) is 14.5. The summed E-state index contributed by atoms with van der Waals surface area (Å²) in [6.07, 6.45) is 0. The largest absolute Gasteiger partial charge is 0.456 e. The van der Waals surface area contributed by atoms with Gasteiger partial charge in [0, 0.05) is 70.7 Å². The van der Waals surface area contributed by atoms with Crippen LogP contribution in [0.4, 0.5) is 17.4 Å². The van der Waals surface area contributed by atoms with Crippen LogP contribution >= 0.6 is 0 Å². The molecule has 1 amide bonds. The normalized spacial score (nSPS) is 11.7. The number of nitrogens with zero attached hydrogens (tertiary/aromatic N) is 4. The van der Waals surface area contributed by atoms with Crippen LogP contribution in [-0.4, -0.2) is 34.1 Å². The molecule has 0 bridgehead atoms. The highest BCUT2D eigenvalue weighted by molar-refractivity contribution is 6.06. The fourth-order valence-electron chi connectivity index (χ4n) is 5.37. The number of nitro groups is 1. The number of anilines is 2. The van der Waals surface area contributed by atoms with E-state index in [1.807, 2.05) is 50.2 Å². The number of non-ortho nitro benzene ring substituents is 1. The van der Waals surface area contributed by atoms with Crippen molar-refractivity contribution in [2.24, 2.45) is 4.99 Å². The molecule has 0 unspecified atom stereocenters. The molecule has 11 heteroatoms. The third kappa shape index (κ3) is 5.63. The molecule has 0 atom stereocenters. The van der Waals surface area contributed by atoms with E-state index in [1.54, 1.807) is 0 Å². The van der Waals surface area contributed by atoms with Crippen LogP contribution in [0.1, 0.15) is 35.3 Å². The zero-order valence-corrected chi connectivity index (χ0v) is 25.2. The summed E-state index contributed by atoms with van der Waals surface area (Å²) in [5.41, 5.74) is 7.25. The van der Waals surface area contributed by atoms with Crippen molar-refractivity contribution in [2.45, 2.75) is 27.7 Å². The number of aryl methyl sites for hydroxylation is 2. The van der Waals surface area contributed by atoms with Crippen molar-refractivity contribution in [2.75, 3.05) is 23.7 Å². The van der Waals surface area contributed by atoms with Crippen molar-refractivity contribution in [1.82, 2.24) is 10.2 Å². The first-order chi connectivity index (χ1) is 21.8. The molecule has 0 saturated heterocycles. The Hall–Kier alpha value is -5.84. The molecular formula is C34H30N6O5. The molecule has 1 aliphatic heterocycles. The second-order valence-corrected chi connectivity index (χ2v) is 10.5. The van der Waals surface area contributed by atoms with Crippen LogP contribution in [0, 0.1) is 24.0 Å². The average Bonchev–Trinajstić information content (AvgIpc) is 3.49. The van der Waals surface area contributed by atoms with Gasteiger partial charge in [0.25, 0.3) is 11.6 Å². The summed E-state index contributed by atoms with van der Waals surface area (Å²) in [7, 11) is 0. The van der Waals surface area contributed by atoms with E-state index in [4.69, 9.17) is 8.83 Å². The number of rotatable bonds is 8. The number of hydrogen-bond donors (Lipinski definition) is 2. The minimum atomic E-state index is -0.536. The van der Waals surface area contributed by atoms with Crippen molar-refractivity contribution < 1.29 is 18.6 Å². The maximum atomic E-state index is 12.8. The van der Waals surface area contributed by atoms with E-state index in [-0.39, 0.29) is 23.2 Å². The van der Waals surface area contributed by atoms with E-state index in [0.29, 0.717) is 23.5 Å². The first kappa shape index (κ1) is 29.2. The maximum absolute atomic E-state index is 12.8. The predicted molar refractivity (Wildman–Crippen MR) is 172 cm³/mol. The number of aromatic nitrogens is 2. The number of benzene rings is 4. The van der Waals surface area contributed by atoms with Crippen LogP contribution in [0.2, 0.25) is 0 Å². The Kier molecular flexibility index (Phi) is 7.82. The van der Waals surface area contributed by atoms with Crippen LogP contribution in [0.25, 0.3) is 44.9 Å². The second-order valence-electron chi connectivity index (χ2n) is 10.5. The highest BCUT2D eigenvalue weighted by atomic mass is 16.6. The van der Waals surface area contributed by atoms with Gasteiger partial charge >= 0.3 is 6.01 Å². The Balaban J connectivity index is 1.48. The van der Waals surface area contributed by atoms with Crippen LogP contribution < -0.4 is 16.0 Å². The molecule has 0 radical (unpaired) electrons. The first-order valence-corrected chi connectivity index (χ1v) is 14.5. The zero-order valence-electron chi connectivity index (χ0n) is 25.2. The molecule has 6 rings (SSSR count). The fraction of sp³-hybridized carbons (Fsp3) is 0.176. The van der Waals surface area contributed by atoms with Crippen molar-refractivity contribution in [3.05, 3.63) is 105 Å². The standard InChI is InChI=1S/C34H30N6O5/c1-5-35-27-17-29-25(15-19(27)3)31(26-16-20(4)28(36-6-2)18-30(26)44-29)23-9-7-8-10-24(23)33-38-39-34(45-33)37-32(41)21-11-13-22(14-12-21)40(42)43/h7-18,35H,5-6H2,1-4H3,(H,37,39,41). The highest BCUT2D eigenvalue weighted by Gasteiger charge is 2.23. The van der Waals surface area contributed by atoms with E-state index in [2.05, 4.69) is 51.8 Å². The van der Waals surface area contributed by atoms with Crippen molar-refractivity contribution in [3.8, 4) is 33.9 Å². The predicted octanol–water partition coefficient (Wildman–Crippen LogP) is 7.38. The molecule has 2 N–H and O–H groups in total. The van der Waals surface area contributed by atoms with Gasteiger partial charge in [-0.25, -0.2) is 0 Å². The molecule has 3 aromatic carbocycles. The molecule has 45 heavy (non-hydrogen) atoms. The molecule has 11 nitrogen and oxygen atoms in total. The summed E-state index contributed by atoms with van der Waals surface area (Å²) < 4.78 is 12.5. The number of nitro benzene ring substituents is 1. The van der Waals surface area contributed by atoms with E-state index in [0.717, 1.165) is 50.8 Å². The third-order valence-electron chi connectivity index (χ3n) is 7.49. The van der Waals surface area contributed by atoms with Gasteiger partial charge in [0.1, 0.15) is 11.3 Å². The van der Waals surface area contributed by atoms with Gasteiger partial charge in [-0.05, 0) is 74.7 Å². The quantitative estimate of drug-likeness (QED) is 0.104. The Labute approximate surface area is 258 Å². The molecule has 4 aromatic rings. The molecule has 2 heterocycles. The molecule has 226 valence electrons. The summed E-state index contributed by atoms with van der Waals surface area (Å²) in [5.74, 6) is 0.366. The highest BCUT2D eigenvalue weighted by Crippen LogP contribution is 2.44. The molecule has 1 aromatic heterocycles. The number of carbonyl (C=O) groups is 1. The summed E-state index contributed by atoms with van der Waals surface area (Å²) in [5, 5.41) is 27.1. The van der Waals surface area contributed by atoms with Gasteiger partial charge in [-0.2, -0.15) is 0 Å². The van der Waals surface area contributed by atoms with Gasteiger partial charge in [0.05, 0.1) is 10.3 Å². The van der Waals surface area contributed by atoms with Crippen LogP contribution in [0.5, 0.6) is 0 Å². The lowest BCUT2D eigenvalue weighted by Crippen LogP contribution is -2.12. The number of fused-ring (bicyclic) bond motifs is 2. The fourth-order valence-corrected chi connectivity index (χ4v) is 5.37. The molecule has 0 saturated carbocycles. The Morgan fingerprint density at radius 2 is 1.67 bits per heavy atom. The van der Waals surface area contributed by atoms with Gasteiger partial charge in [-0.1, -0.05) is 23.3 Å². The molecule has 2 aliphatic rings. The Bertz CT molecular complexity index is 2110. The summed E-state index contributed by atoms with van der Waals surface area (Å²) >= 11 is 0. The zero-order chi connectivity index (χ0) is 31.7. The van der Waals surface area contributed by atoms with Gasteiger partial charge in [0.15, 0.2) is 0 Å². The Morgan fingerprint density at radius 1 is 0.911 bits per heavy atom. The molecule has 0 spiro atoms. The van der Waals surface area contributed by atoms with Gasteiger partial charge in [0.2, 0.25) is 5.89 Å². The van der Waals surface area contributed by atoms with Gasteiger partial charge in [-0.3, -0.25) is 25.2 Å². The lowest BCUT2D eigenvalue weighted by atomic mass is 9.89. The van der Waals surface area contributed by atoms with Crippen LogP contribution in [0.15, 0.2) is 86.6 Å². The molecule has 1 aliphatic carbocycles. The monoisotopic (exact) mass is 602 g/mol. The van der Waals surface area contributed by atoms with Gasteiger partial charge in [-0.15, -0.1) is 5.10 Å². The van der Waals surface area contributed by atoms with Crippen LogP contribution in [-0.2, 0) is 0 Å². The average molecular weight is 603 g/mol. The number of hydrogen-bond acceptors (Lipinski definition) is 9. The van der Waals surface area contributed by atoms with Crippen molar-refractivity contribution in [3.63, 3.8) is 0 Å². The molecular weight excluding hydrogens is 572 g/mol. The summed E-state index contributed by atoms with van der Waals surface area (Å²) in [6, 6.07) is 21.1. The van der Waals surface area contributed by atoms with E-state index >= 15 is 0 Å². The number of carbonyl (C=O) groups excluding carboxylic acids is 1. The minimum absolute atomic E-state index is 0.103. The van der Waals surface area contributed by atoms with Crippen LogP contribution in [0.3, 0.4) is 0 Å². The number of nitrogens with one attached hydrogen (secondary N) is 2. The summed E-state index contributed by atoms with van der Waals surface area (Å²) in [4.78, 5) is 27.9. The minimum Gasteiger partial charge on any atom is -0.456 e. The lowest BCUT2D eigenvalue weighted by Gasteiger charge is -2.19. The molecule has 0 fully saturated rings.